The van der Waals surface area contributed by atoms with Crippen LogP contribution >= 0.6 is 0 Å². The quantitative estimate of drug-likeness (QED) is 0.813. The fraction of sp³-hybridized carbons (Fsp3) is 0.286. The fourth-order valence-corrected chi connectivity index (χ4v) is 4.27. The average molecular weight is 246 g/mol. The van der Waals surface area contributed by atoms with E-state index in [1.165, 1.54) is 0 Å². The molecule has 0 aliphatic carbocycles. The van der Waals surface area contributed by atoms with Crippen molar-refractivity contribution in [2.45, 2.75) is 25.8 Å². The molecule has 2 nitrogen and oxygen atoms in total. The van der Waals surface area contributed by atoms with E-state index >= 15 is 0 Å². The van der Waals surface area contributed by atoms with Gasteiger partial charge in [0.25, 0.3) is 0 Å². The molecule has 17 heavy (non-hydrogen) atoms. The third-order valence-electron chi connectivity index (χ3n) is 3.10. The van der Waals surface area contributed by atoms with Crippen LogP contribution < -0.4 is 5.19 Å². The first-order valence-corrected chi connectivity index (χ1v) is 8.18. The predicted octanol–water partition coefficient (Wildman–Crippen LogP) is 2.27. The predicted molar refractivity (Wildman–Crippen MR) is 73.5 cm³/mol. The largest absolute Gasteiger partial charge is 0.407 e. The molecule has 2 N–H and O–H groups in total. The Balaban J connectivity index is 2.47. The number of fused-ring (bicyclic) bond motifs is 1. The lowest BCUT2D eigenvalue weighted by molar-refractivity contribution is 0.377. The van der Waals surface area contributed by atoms with Gasteiger partial charge in [0.2, 0.25) is 0 Å². The first kappa shape index (κ1) is 12.3. The van der Waals surface area contributed by atoms with Crippen LogP contribution in [-0.4, -0.2) is 18.2 Å². The summed E-state index contributed by atoms with van der Waals surface area (Å²) >= 11 is 0. The summed E-state index contributed by atoms with van der Waals surface area (Å²) in [5.41, 5.74) is 0. The molecular formula is C14H18O2Si. The minimum atomic E-state index is -3.26. The third-order valence-corrected chi connectivity index (χ3v) is 5.45. The molecule has 0 atom stereocenters. The summed E-state index contributed by atoms with van der Waals surface area (Å²) in [5, 5.41) is 2.79. The van der Waals surface area contributed by atoms with Crippen LogP contribution in [0.5, 0.6) is 0 Å². The number of hydrogen-bond acceptors (Lipinski definition) is 2. The number of unbranched alkanes of at least 4 members (excludes halogenated alkanes) is 1. The number of benzene rings is 2. The van der Waals surface area contributed by atoms with Crippen LogP contribution in [0.25, 0.3) is 10.8 Å². The molecule has 0 saturated heterocycles. The lowest BCUT2D eigenvalue weighted by Gasteiger charge is -2.19. The van der Waals surface area contributed by atoms with Crippen LogP contribution in [-0.2, 0) is 0 Å². The van der Waals surface area contributed by atoms with Gasteiger partial charge >= 0.3 is 8.56 Å². The van der Waals surface area contributed by atoms with Crippen molar-refractivity contribution in [2.75, 3.05) is 0 Å². The Kier molecular flexibility index (Phi) is 3.62. The maximum atomic E-state index is 10.3. The summed E-state index contributed by atoms with van der Waals surface area (Å²) in [6, 6.07) is 14.1. The van der Waals surface area contributed by atoms with E-state index in [2.05, 4.69) is 6.92 Å². The Bertz CT molecular complexity index is 503. The monoisotopic (exact) mass is 246 g/mol. The smallest absolute Gasteiger partial charge is 0.367 e. The second-order valence-electron chi connectivity index (χ2n) is 4.45. The van der Waals surface area contributed by atoms with Gasteiger partial charge in [-0.05, 0) is 16.8 Å². The zero-order valence-electron chi connectivity index (χ0n) is 10.1. The summed E-state index contributed by atoms with van der Waals surface area (Å²) < 4.78 is 0. The van der Waals surface area contributed by atoms with Crippen molar-refractivity contribution in [3.05, 3.63) is 42.5 Å². The highest BCUT2D eigenvalue weighted by molar-refractivity contribution is 6.80. The minimum Gasteiger partial charge on any atom is -0.407 e. The van der Waals surface area contributed by atoms with E-state index in [0.29, 0.717) is 6.04 Å². The van der Waals surface area contributed by atoms with Crippen molar-refractivity contribution in [3.63, 3.8) is 0 Å². The second kappa shape index (κ2) is 5.00. The molecular weight excluding hydrogens is 228 g/mol. The average Bonchev–Trinajstić information content (AvgIpc) is 2.36. The zero-order valence-corrected chi connectivity index (χ0v) is 11.1. The number of rotatable bonds is 4. The summed E-state index contributed by atoms with van der Waals surface area (Å²) in [4.78, 5) is 20.6. The van der Waals surface area contributed by atoms with E-state index in [0.717, 1.165) is 28.8 Å². The zero-order chi connectivity index (χ0) is 12.3. The Morgan fingerprint density at radius 1 is 1.00 bits per heavy atom. The van der Waals surface area contributed by atoms with Crippen molar-refractivity contribution in [1.82, 2.24) is 0 Å². The van der Waals surface area contributed by atoms with E-state index in [-0.39, 0.29) is 0 Å². The molecule has 2 aromatic rings. The van der Waals surface area contributed by atoms with Gasteiger partial charge in [-0.3, -0.25) is 0 Å². The van der Waals surface area contributed by atoms with Gasteiger partial charge in [-0.25, -0.2) is 0 Å². The molecule has 90 valence electrons. The summed E-state index contributed by atoms with van der Waals surface area (Å²) in [7, 11) is -3.26. The van der Waals surface area contributed by atoms with Crippen LogP contribution in [0.3, 0.4) is 0 Å². The highest BCUT2D eigenvalue weighted by Crippen LogP contribution is 2.16. The molecule has 0 heterocycles. The highest BCUT2D eigenvalue weighted by atomic mass is 28.4. The number of hydrogen-bond donors (Lipinski definition) is 2. The van der Waals surface area contributed by atoms with E-state index in [1.54, 1.807) is 0 Å². The molecule has 0 bridgehead atoms. The molecule has 0 aliphatic heterocycles. The molecule has 0 saturated carbocycles. The minimum absolute atomic E-state index is 0.511. The molecule has 0 fully saturated rings. The lowest BCUT2D eigenvalue weighted by Crippen LogP contribution is -2.48. The Labute approximate surface area is 103 Å². The highest BCUT2D eigenvalue weighted by Gasteiger charge is 2.32. The van der Waals surface area contributed by atoms with Crippen LogP contribution in [0, 0.1) is 0 Å². The van der Waals surface area contributed by atoms with Crippen molar-refractivity contribution >= 4 is 24.5 Å². The first-order valence-electron chi connectivity index (χ1n) is 6.08. The van der Waals surface area contributed by atoms with Gasteiger partial charge in [0.1, 0.15) is 0 Å². The molecule has 3 heteroatoms. The van der Waals surface area contributed by atoms with Gasteiger partial charge in [-0.2, -0.15) is 0 Å². The fourth-order valence-electron chi connectivity index (χ4n) is 2.13. The molecule has 2 aromatic carbocycles. The van der Waals surface area contributed by atoms with Crippen LogP contribution in [0.2, 0.25) is 6.04 Å². The van der Waals surface area contributed by atoms with E-state index in [9.17, 15) is 9.59 Å². The van der Waals surface area contributed by atoms with Crippen LogP contribution in [0.1, 0.15) is 19.8 Å². The van der Waals surface area contributed by atoms with E-state index < -0.39 is 8.56 Å². The third kappa shape index (κ3) is 2.57. The van der Waals surface area contributed by atoms with Crippen molar-refractivity contribution in [3.8, 4) is 0 Å². The van der Waals surface area contributed by atoms with Gasteiger partial charge in [-0.15, -0.1) is 0 Å². The molecule has 2 rings (SSSR count). The van der Waals surface area contributed by atoms with Gasteiger partial charge < -0.3 is 9.59 Å². The van der Waals surface area contributed by atoms with Gasteiger partial charge in [0.05, 0.1) is 0 Å². The lowest BCUT2D eigenvalue weighted by atomic mass is 10.1. The maximum absolute atomic E-state index is 10.3. The van der Waals surface area contributed by atoms with Crippen molar-refractivity contribution < 1.29 is 9.59 Å². The summed E-state index contributed by atoms with van der Waals surface area (Å²) in [6.45, 7) is 2.06. The Hall–Kier alpha value is -1.16. The molecule has 0 unspecified atom stereocenters. The van der Waals surface area contributed by atoms with Gasteiger partial charge in [0, 0.05) is 5.19 Å². The van der Waals surface area contributed by atoms with Gasteiger partial charge in [0.15, 0.2) is 0 Å². The molecule has 0 aromatic heterocycles. The maximum Gasteiger partial charge on any atom is 0.367 e. The van der Waals surface area contributed by atoms with Crippen LogP contribution in [0.15, 0.2) is 42.5 Å². The Morgan fingerprint density at radius 2 is 1.71 bits per heavy atom. The van der Waals surface area contributed by atoms with Crippen molar-refractivity contribution in [1.29, 1.82) is 0 Å². The standard InChI is InChI=1S/C14H18O2Si/c1-2-3-11-17(15,16)14-10-6-8-12-7-4-5-9-13(12)14/h4-10,15-16H,2-3,11H2,1H3. The molecule has 0 aliphatic rings. The van der Waals surface area contributed by atoms with Gasteiger partial charge in [-0.1, -0.05) is 62.2 Å². The Morgan fingerprint density at radius 3 is 2.47 bits per heavy atom. The van der Waals surface area contributed by atoms with E-state index in [4.69, 9.17) is 0 Å². The molecule has 0 radical (unpaired) electrons. The second-order valence-corrected chi connectivity index (χ2v) is 7.12. The summed E-state index contributed by atoms with van der Waals surface area (Å²) in [6.07, 6.45) is 1.85. The molecule has 0 amide bonds. The topological polar surface area (TPSA) is 40.5 Å². The first-order chi connectivity index (χ1) is 8.15. The molecule has 0 spiro atoms. The summed E-state index contributed by atoms with van der Waals surface area (Å²) in [5.74, 6) is 0. The normalized spacial score (nSPS) is 11.9. The van der Waals surface area contributed by atoms with Crippen LogP contribution in [0.4, 0.5) is 0 Å². The van der Waals surface area contributed by atoms with Crippen molar-refractivity contribution in [2.24, 2.45) is 0 Å². The SMILES string of the molecule is CCCC[Si](O)(O)c1cccc2ccccc12. The van der Waals surface area contributed by atoms with E-state index in [1.807, 2.05) is 42.5 Å².